The molecule has 1 unspecified atom stereocenters. The number of halogens is 1. The number of Topliss-reactive ketones (excluding diaryl/α,β-unsaturated/α-hetero) is 1. The molecule has 0 aliphatic carbocycles. The summed E-state index contributed by atoms with van der Waals surface area (Å²) in [7, 11) is 0. The van der Waals surface area contributed by atoms with Crippen LogP contribution in [0.2, 0.25) is 5.02 Å². The molecule has 0 saturated carbocycles. The zero-order valence-electron chi connectivity index (χ0n) is 17.3. The minimum atomic E-state index is -0.879. The van der Waals surface area contributed by atoms with E-state index in [2.05, 4.69) is 5.16 Å². The van der Waals surface area contributed by atoms with Gasteiger partial charge in [-0.3, -0.25) is 14.5 Å². The van der Waals surface area contributed by atoms with Crippen LogP contribution in [0.25, 0.3) is 0 Å². The number of hydrogen-bond acceptors (Lipinski definition) is 5. The zero-order chi connectivity index (χ0) is 22.3. The van der Waals surface area contributed by atoms with Gasteiger partial charge in [-0.1, -0.05) is 80.0 Å². The van der Waals surface area contributed by atoms with Crippen LogP contribution < -0.4 is 4.90 Å². The third-order valence-electron chi connectivity index (χ3n) is 5.16. The van der Waals surface area contributed by atoms with Gasteiger partial charge in [0.25, 0.3) is 5.91 Å². The topological polar surface area (TPSA) is 83.6 Å². The van der Waals surface area contributed by atoms with Crippen molar-refractivity contribution in [1.82, 2.24) is 5.16 Å². The van der Waals surface area contributed by atoms with Gasteiger partial charge in [-0.05, 0) is 17.7 Å². The average molecular weight is 437 g/mol. The Labute approximate surface area is 184 Å². The molecule has 0 fully saturated rings. The molecular weight excluding hydrogens is 416 g/mol. The summed E-state index contributed by atoms with van der Waals surface area (Å²) in [5.41, 5.74) is 0.635. The molecule has 1 aliphatic rings. The summed E-state index contributed by atoms with van der Waals surface area (Å²) in [5, 5.41) is 15.3. The Morgan fingerprint density at radius 1 is 1.10 bits per heavy atom. The molecule has 0 saturated heterocycles. The highest BCUT2D eigenvalue weighted by atomic mass is 35.5. The number of aliphatic hydroxyl groups is 1. The van der Waals surface area contributed by atoms with E-state index in [0.29, 0.717) is 21.9 Å². The molecule has 2 aromatic carbocycles. The molecule has 0 bridgehead atoms. The van der Waals surface area contributed by atoms with E-state index >= 15 is 0 Å². The molecule has 4 rings (SSSR count). The van der Waals surface area contributed by atoms with Crippen LogP contribution in [0.5, 0.6) is 0 Å². The fourth-order valence-electron chi connectivity index (χ4n) is 3.51. The van der Waals surface area contributed by atoms with E-state index in [1.165, 1.54) is 4.90 Å². The number of benzene rings is 2. The van der Waals surface area contributed by atoms with Crippen LogP contribution in [0.3, 0.4) is 0 Å². The van der Waals surface area contributed by atoms with Crippen molar-refractivity contribution >= 4 is 29.1 Å². The van der Waals surface area contributed by atoms with Crippen molar-refractivity contribution < 1.29 is 19.2 Å². The second-order valence-corrected chi connectivity index (χ2v) is 8.82. The highest BCUT2D eigenvalue weighted by Crippen LogP contribution is 2.42. The Morgan fingerprint density at radius 2 is 1.74 bits per heavy atom. The lowest BCUT2D eigenvalue weighted by molar-refractivity contribution is -0.117. The molecule has 31 heavy (non-hydrogen) atoms. The average Bonchev–Trinajstić information content (AvgIpc) is 3.33. The molecule has 1 aromatic heterocycles. The summed E-state index contributed by atoms with van der Waals surface area (Å²) in [6.45, 7) is 5.87. The van der Waals surface area contributed by atoms with Crippen LogP contribution in [0.15, 0.2) is 76.5 Å². The largest absolute Gasteiger partial charge is 0.503 e. The van der Waals surface area contributed by atoms with Gasteiger partial charge in [-0.2, -0.15) is 0 Å². The minimum absolute atomic E-state index is 0.0150. The third-order valence-corrected chi connectivity index (χ3v) is 5.41. The molecule has 6 nitrogen and oxygen atoms in total. The fraction of sp³-hybridized carbons (Fsp3) is 0.208. The third kappa shape index (κ3) is 3.75. The number of amides is 1. The molecule has 1 aliphatic heterocycles. The summed E-state index contributed by atoms with van der Waals surface area (Å²) in [6, 6.07) is 16.1. The molecule has 7 heteroatoms. The maximum absolute atomic E-state index is 13.3. The van der Waals surface area contributed by atoms with Gasteiger partial charge in [-0.15, -0.1) is 0 Å². The smallest absolute Gasteiger partial charge is 0.295 e. The molecular formula is C24H21ClN2O4. The lowest BCUT2D eigenvalue weighted by Gasteiger charge is -2.24. The Kier molecular flexibility index (Phi) is 5.19. The molecule has 1 atom stereocenters. The van der Waals surface area contributed by atoms with E-state index in [1.54, 1.807) is 60.7 Å². The van der Waals surface area contributed by atoms with E-state index in [4.69, 9.17) is 16.1 Å². The van der Waals surface area contributed by atoms with E-state index in [-0.39, 0.29) is 16.8 Å². The molecule has 3 aromatic rings. The van der Waals surface area contributed by atoms with E-state index in [0.717, 1.165) is 0 Å². The Morgan fingerprint density at radius 3 is 2.32 bits per heavy atom. The van der Waals surface area contributed by atoms with Crippen LogP contribution in [-0.4, -0.2) is 22.0 Å². The van der Waals surface area contributed by atoms with Crippen LogP contribution in [0.1, 0.15) is 48.5 Å². The van der Waals surface area contributed by atoms with Gasteiger partial charge >= 0.3 is 0 Å². The van der Waals surface area contributed by atoms with Crippen molar-refractivity contribution in [2.75, 3.05) is 4.90 Å². The molecule has 0 spiro atoms. The van der Waals surface area contributed by atoms with E-state index in [9.17, 15) is 14.7 Å². The van der Waals surface area contributed by atoms with Crippen molar-refractivity contribution in [3.63, 3.8) is 0 Å². The molecule has 1 amide bonds. The second kappa shape index (κ2) is 7.71. The Hall–Kier alpha value is -3.38. The van der Waals surface area contributed by atoms with Crippen LogP contribution >= 0.6 is 11.6 Å². The molecule has 2 heterocycles. The van der Waals surface area contributed by atoms with Gasteiger partial charge in [0.15, 0.2) is 17.4 Å². The summed E-state index contributed by atoms with van der Waals surface area (Å²) < 4.78 is 5.46. The van der Waals surface area contributed by atoms with Gasteiger partial charge in [0.1, 0.15) is 5.76 Å². The van der Waals surface area contributed by atoms with Gasteiger partial charge in [0, 0.05) is 22.1 Å². The number of rotatable bonds is 4. The number of hydrogen-bond donors (Lipinski definition) is 1. The van der Waals surface area contributed by atoms with E-state index < -0.39 is 23.5 Å². The van der Waals surface area contributed by atoms with E-state index in [1.807, 2.05) is 20.8 Å². The lowest BCUT2D eigenvalue weighted by Crippen LogP contribution is -2.31. The summed E-state index contributed by atoms with van der Waals surface area (Å²) in [4.78, 5) is 27.7. The number of aromatic nitrogens is 1. The first-order chi connectivity index (χ1) is 14.7. The first-order valence-corrected chi connectivity index (χ1v) is 10.2. The number of carbonyl (C=O) groups excluding carboxylic acids is 2. The first kappa shape index (κ1) is 20.9. The summed E-state index contributed by atoms with van der Waals surface area (Å²) >= 11 is 6.04. The Balaban J connectivity index is 1.86. The highest BCUT2D eigenvalue weighted by Gasteiger charge is 2.46. The van der Waals surface area contributed by atoms with Crippen LogP contribution in [-0.2, 0) is 10.2 Å². The number of nitrogens with zero attached hydrogens (tertiary/aromatic N) is 2. The standard InChI is InChI=1S/C24H21ClN2O4/c1-24(2,3)17-13-18(26-31-17)27-20(14-9-11-16(25)12-10-14)19(22(29)23(27)30)21(28)15-7-5-4-6-8-15/h4-13,20,29H,1-3H3. The lowest BCUT2D eigenvalue weighted by atomic mass is 9.92. The van der Waals surface area contributed by atoms with Gasteiger partial charge < -0.3 is 9.63 Å². The number of ketones is 1. The summed E-state index contributed by atoms with van der Waals surface area (Å²) in [6.07, 6.45) is 0. The molecule has 1 N–H and O–H groups in total. The number of anilines is 1. The Bertz CT molecular complexity index is 1170. The van der Waals surface area contributed by atoms with Crippen molar-refractivity contribution in [1.29, 1.82) is 0 Å². The van der Waals surface area contributed by atoms with Crippen molar-refractivity contribution in [2.24, 2.45) is 0 Å². The predicted molar refractivity (Wildman–Crippen MR) is 117 cm³/mol. The summed E-state index contributed by atoms with van der Waals surface area (Å²) in [5.74, 6) is -0.958. The fourth-order valence-corrected chi connectivity index (χ4v) is 3.64. The SMILES string of the molecule is CC(C)(C)c1cc(N2C(=O)C(O)=C(C(=O)c3ccccc3)C2c2ccc(Cl)cc2)no1. The van der Waals surface area contributed by atoms with Gasteiger partial charge in [-0.25, -0.2) is 0 Å². The van der Waals surface area contributed by atoms with Crippen molar-refractivity contribution in [2.45, 2.75) is 32.2 Å². The normalized spacial score (nSPS) is 16.8. The first-order valence-electron chi connectivity index (χ1n) is 9.77. The maximum atomic E-state index is 13.3. The van der Waals surface area contributed by atoms with Gasteiger partial charge in [0.2, 0.25) is 0 Å². The highest BCUT2D eigenvalue weighted by molar-refractivity contribution is 6.30. The predicted octanol–water partition coefficient (Wildman–Crippen LogP) is 5.41. The number of aliphatic hydroxyl groups excluding tert-OH is 1. The van der Waals surface area contributed by atoms with Crippen LogP contribution in [0.4, 0.5) is 5.82 Å². The van der Waals surface area contributed by atoms with Crippen molar-refractivity contribution in [3.8, 4) is 0 Å². The van der Waals surface area contributed by atoms with Gasteiger partial charge in [0.05, 0.1) is 11.6 Å². The van der Waals surface area contributed by atoms with Crippen LogP contribution in [0, 0.1) is 0 Å². The second-order valence-electron chi connectivity index (χ2n) is 8.39. The minimum Gasteiger partial charge on any atom is -0.503 e. The maximum Gasteiger partial charge on any atom is 0.295 e. The molecule has 0 radical (unpaired) electrons. The zero-order valence-corrected chi connectivity index (χ0v) is 18.1. The number of carbonyl (C=O) groups is 2. The quantitative estimate of drug-likeness (QED) is 0.553. The van der Waals surface area contributed by atoms with Crippen molar-refractivity contribution in [3.05, 3.63) is 93.9 Å². The monoisotopic (exact) mass is 436 g/mol. The molecule has 158 valence electrons.